The number of hydrogen-bond acceptors (Lipinski definition) is 5. The van der Waals surface area contributed by atoms with Crippen molar-refractivity contribution in [2.45, 2.75) is 13.0 Å². The molecule has 0 unspecified atom stereocenters. The highest BCUT2D eigenvalue weighted by Crippen LogP contribution is 2.23. The summed E-state index contributed by atoms with van der Waals surface area (Å²) in [5.41, 5.74) is 7.19. The molecule has 1 aromatic carbocycles. The second-order valence-electron chi connectivity index (χ2n) is 3.96. The van der Waals surface area contributed by atoms with Gasteiger partial charge in [0.05, 0.1) is 14.6 Å². The number of nitrogens with zero attached hydrogens (tertiary/aromatic N) is 4. The van der Waals surface area contributed by atoms with Crippen LogP contribution in [0.5, 0.6) is 0 Å². The van der Waals surface area contributed by atoms with Crippen LogP contribution in [-0.2, 0) is 13.0 Å². The number of aromatic nitrogens is 4. The topological polar surface area (TPSA) is 82.8 Å². The summed E-state index contributed by atoms with van der Waals surface area (Å²) in [4.78, 5) is 8.15. The highest BCUT2D eigenvalue weighted by Gasteiger charge is 2.12. The number of imidazole rings is 1. The van der Waals surface area contributed by atoms with Gasteiger partial charge in [0.15, 0.2) is 6.33 Å². The van der Waals surface area contributed by atoms with E-state index in [0.717, 1.165) is 0 Å². The minimum Gasteiger partial charge on any atom is -0.369 e. The predicted octanol–water partition coefficient (Wildman–Crippen LogP) is 1.99. The fourth-order valence-corrected chi connectivity index (χ4v) is 2.34. The lowest BCUT2D eigenvalue weighted by Gasteiger charge is -2.04. The molecule has 2 heterocycles. The third-order valence-electron chi connectivity index (χ3n) is 2.78. The molecule has 0 radical (unpaired) electrons. The van der Waals surface area contributed by atoms with Crippen LogP contribution in [-0.4, -0.2) is 19.7 Å². The van der Waals surface area contributed by atoms with Crippen molar-refractivity contribution in [2.24, 2.45) is 0 Å². The Morgan fingerprint density at radius 2 is 2.26 bits per heavy atom. The Bertz CT molecular complexity index is 724. The number of rotatable bonds is 3. The molecule has 2 aromatic heterocycles. The molecule has 2 N–H and O–H groups in total. The van der Waals surface area contributed by atoms with E-state index in [1.807, 2.05) is 22.6 Å². The van der Waals surface area contributed by atoms with E-state index < -0.39 is 0 Å². The van der Waals surface area contributed by atoms with Gasteiger partial charge >= 0.3 is 0 Å². The smallest absolute Gasteiger partial charge is 0.228 e. The van der Waals surface area contributed by atoms with Crippen LogP contribution in [0, 0.1) is 9.39 Å². The molecule has 0 aliphatic heterocycles. The zero-order valence-electron chi connectivity index (χ0n) is 9.68. The first-order valence-corrected chi connectivity index (χ1v) is 6.59. The van der Waals surface area contributed by atoms with Crippen molar-refractivity contribution < 1.29 is 8.91 Å². The van der Waals surface area contributed by atoms with Crippen LogP contribution in [0.25, 0.3) is 11.0 Å². The molecule has 0 aliphatic rings. The summed E-state index contributed by atoms with van der Waals surface area (Å²) in [6.07, 6.45) is 1.86. The van der Waals surface area contributed by atoms with Gasteiger partial charge in [-0.1, -0.05) is 5.16 Å². The van der Waals surface area contributed by atoms with Crippen LogP contribution in [0.2, 0.25) is 0 Å². The van der Waals surface area contributed by atoms with Crippen LogP contribution in [0.1, 0.15) is 5.89 Å². The first kappa shape index (κ1) is 12.3. The van der Waals surface area contributed by atoms with E-state index in [-0.39, 0.29) is 5.82 Å². The van der Waals surface area contributed by atoms with Gasteiger partial charge in [-0.25, -0.2) is 9.37 Å². The van der Waals surface area contributed by atoms with Crippen molar-refractivity contribution in [3.8, 4) is 0 Å². The first-order valence-electron chi connectivity index (χ1n) is 5.51. The van der Waals surface area contributed by atoms with Gasteiger partial charge in [0, 0.05) is 19.0 Å². The minimum absolute atomic E-state index is 0.285. The van der Waals surface area contributed by atoms with Crippen molar-refractivity contribution >= 4 is 39.6 Å². The van der Waals surface area contributed by atoms with Crippen LogP contribution in [0.15, 0.2) is 23.0 Å². The second-order valence-corrected chi connectivity index (χ2v) is 5.12. The Balaban J connectivity index is 1.98. The van der Waals surface area contributed by atoms with E-state index in [2.05, 4.69) is 15.1 Å². The molecule has 0 atom stereocenters. The van der Waals surface area contributed by atoms with Crippen LogP contribution >= 0.6 is 22.6 Å². The Kier molecular flexibility index (Phi) is 3.09. The number of anilines is 1. The van der Waals surface area contributed by atoms with Gasteiger partial charge < -0.3 is 14.8 Å². The van der Waals surface area contributed by atoms with E-state index in [1.165, 1.54) is 12.4 Å². The fourth-order valence-electron chi connectivity index (χ4n) is 1.89. The standard InChI is InChI=1S/C11H9FIN5O/c12-6-3-9-8(4-7(6)13)17-11(14)18(9)2-1-10-15-5-16-19-10/h3-5H,1-2H2,(H2,14,17). The number of halogens is 2. The largest absolute Gasteiger partial charge is 0.369 e. The van der Waals surface area contributed by atoms with Gasteiger partial charge in [-0.2, -0.15) is 4.98 Å². The quantitative estimate of drug-likeness (QED) is 0.710. The van der Waals surface area contributed by atoms with Crippen LogP contribution in [0.3, 0.4) is 0 Å². The molecule has 3 rings (SSSR count). The van der Waals surface area contributed by atoms with Gasteiger partial charge in [0.1, 0.15) is 5.82 Å². The molecule has 19 heavy (non-hydrogen) atoms. The average molecular weight is 373 g/mol. The molecule has 0 fully saturated rings. The molecule has 0 bridgehead atoms. The lowest BCUT2D eigenvalue weighted by atomic mass is 10.3. The maximum atomic E-state index is 13.6. The Labute approximate surface area is 120 Å². The summed E-state index contributed by atoms with van der Waals surface area (Å²) in [6.45, 7) is 0.505. The molecule has 0 aliphatic carbocycles. The van der Waals surface area contributed by atoms with Gasteiger partial charge in [-0.3, -0.25) is 0 Å². The van der Waals surface area contributed by atoms with Crippen molar-refractivity contribution in [3.05, 3.63) is 33.7 Å². The molecule has 8 heteroatoms. The van der Waals surface area contributed by atoms with Gasteiger partial charge in [-0.15, -0.1) is 0 Å². The van der Waals surface area contributed by atoms with E-state index in [0.29, 0.717) is 39.4 Å². The Morgan fingerprint density at radius 3 is 3.00 bits per heavy atom. The monoisotopic (exact) mass is 373 g/mol. The maximum Gasteiger partial charge on any atom is 0.228 e. The number of hydrogen-bond donors (Lipinski definition) is 1. The maximum absolute atomic E-state index is 13.6. The third kappa shape index (κ3) is 2.27. The lowest BCUT2D eigenvalue weighted by Crippen LogP contribution is -2.06. The molecule has 0 amide bonds. The predicted molar refractivity (Wildman–Crippen MR) is 74.8 cm³/mol. The molecule has 98 valence electrons. The van der Waals surface area contributed by atoms with E-state index >= 15 is 0 Å². The lowest BCUT2D eigenvalue weighted by molar-refractivity contribution is 0.372. The average Bonchev–Trinajstić information content (AvgIpc) is 2.96. The molecule has 0 saturated carbocycles. The van der Waals surface area contributed by atoms with Gasteiger partial charge in [0.2, 0.25) is 11.8 Å². The second kappa shape index (κ2) is 4.76. The summed E-state index contributed by atoms with van der Waals surface area (Å²) in [6, 6.07) is 3.11. The zero-order chi connectivity index (χ0) is 13.4. The number of nitrogen functional groups attached to an aromatic ring is 1. The van der Waals surface area contributed by atoms with Crippen molar-refractivity contribution in [1.82, 2.24) is 19.7 Å². The van der Waals surface area contributed by atoms with Crippen LogP contribution in [0.4, 0.5) is 10.3 Å². The summed E-state index contributed by atoms with van der Waals surface area (Å²) >= 11 is 1.92. The van der Waals surface area contributed by atoms with Gasteiger partial charge in [0.25, 0.3) is 0 Å². The molecule has 0 saturated heterocycles. The molecule has 0 spiro atoms. The Morgan fingerprint density at radius 1 is 1.42 bits per heavy atom. The summed E-state index contributed by atoms with van der Waals surface area (Å²) in [7, 11) is 0. The first-order chi connectivity index (χ1) is 9.15. The van der Waals surface area contributed by atoms with Gasteiger partial charge in [-0.05, 0) is 28.7 Å². The minimum atomic E-state index is -0.285. The normalized spacial score (nSPS) is 11.3. The summed E-state index contributed by atoms with van der Waals surface area (Å²) < 4.78 is 20.8. The molecular weight excluding hydrogens is 364 g/mol. The van der Waals surface area contributed by atoms with Crippen molar-refractivity contribution in [3.63, 3.8) is 0 Å². The number of nitrogens with two attached hydrogens (primary N) is 1. The number of aryl methyl sites for hydroxylation is 2. The van der Waals surface area contributed by atoms with E-state index in [9.17, 15) is 4.39 Å². The number of fused-ring (bicyclic) bond motifs is 1. The number of benzene rings is 1. The summed E-state index contributed by atoms with van der Waals surface area (Å²) in [5, 5.41) is 3.53. The Hall–Kier alpha value is -1.71. The highest BCUT2D eigenvalue weighted by atomic mass is 127. The van der Waals surface area contributed by atoms with Crippen LogP contribution < -0.4 is 5.73 Å². The van der Waals surface area contributed by atoms with E-state index in [1.54, 1.807) is 10.6 Å². The molecule has 6 nitrogen and oxygen atoms in total. The zero-order valence-corrected chi connectivity index (χ0v) is 11.8. The molecular formula is C11H9FIN5O. The third-order valence-corrected chi connectivity index (χ3v) is 3.60. The summed E-state index contributed by atoms with van der Waals surface area (Å²) in [5.74, 6) is 0.565. The molecule has 3 aromatic rings. The van der Waals surface area contributed by atoms with E-state index in [4.69, 9.17) is 10.3 Å². The fraction of sp³-hybridized carbons (Fsp3) is 0.182. The highest BCUT2D eigenvalue weighted by molar-refractivity contribution is 14.1. The SMILES string of the molecule is Nc1nc2cc(I)c(F)cc2n1CCc1ncno1. The van der Waals surface area contributed by atoms with Crippen molar-refractivity contribution in [1.29, 1.82) is 0 Å². The van der Waals surface area contributed by atoms with Crippen molar-refractivity contribution in [2.75, 3.05) is 5.73 Å².